The average Bonchev–Trinajstić information content (AvgIpc) is 2.92. The number of terminal acetylenes is 1. The van der Waals surface area contributed by atoms with E-state index in [-0.39, 0.29) is 24.3 Å². The molecule has 0 spiro atoms. The van der Waals surface area contributed by atoms with Crippen molar-refractivity contribution in [2.24, 2.45) is 0 Å². The van der Waals surface area contributed by atoms with Crippen molar-refractivity contribution in [1.29, 1.82) is 0 Å². The van der Waals surface area contributed by atoms with Gasteiger partial charge in [-0.3, -0.25) is 4.90 Å². The van der Waals surface area contributed by atoms with Crippen LogP contribution in [0.4, 0.5) is 4.79 Å². The first-order valence-electron chi connectivity index (χ1n) is 5.49. The van der Waals surface area contributed by atoms with Crippen molar-refractivity contribution in [1.82, 2.24) is 4.90 Å². The third kappa shape index (κ3) is 1.42. The van der Waals surface area contributed by atoms with Crippen molar-refractivity contribution in [2.45, 2.75) is 18.2 Å². The van der Waals surface area contributed by atoms with Crippen molar-refractivity contribution < 1.29 is 9.53 Å². The molecule has 2 heterocycles. The minimum absolute atomic E-state index is 0.0778. The fraction of sp³-hybridized carbons (Fsp3) is 0.214. The van der Waals surface area contributed by atoms with Gasteiger partial charge < -0.3 is 4.74 Å². The zero-order valence-corrected chi connectivity index (χ0v) is 9.11. The average molecular weight is 225 g/mol. The summed E-state index contributed by atoms with van der Waals surface area (Å²) in [6, 6.07) is 9.36. The van der Waals surface area contributed by atoms with Crippen molar-refractivity contribution in [3.05, 3.63) is 48.0 Å². The molecule has 0 saturated carbocycles. The summed E-state index contributed by atoms with van der Waals surface area (Å²) in [4.78, 5) is 13.4. The molecule has 3 nitrogen and oxygen atoms in total. The lowest BCUT2D eigenvalue weighted by Crippen LogP contribution is -2.35. The molecule has 3 rings (SSSR count). The number of ether oxygens (including phenoxy) is 1. The molecule has 1 saturated heterocycles. The minimum Gasteiger partial charge on any atom is -0.439 e. The molecular weight excluding hydrogens is 214 g/mol. The van der Waals surface area contributed by atoms with E-state index in [0.29, 0.717) is 0 Å². The summed E-state index contributed by atoms with van der Waals surface area (Å²) in [7, 11) is 0. The summed E-state index contributed by atoms with van der Waals surface area (Å²) >= 11 is 0. The summed E-state index contributed by atoms with van der Waals surface area (Å²) in [6.07, 6.45) is 8.63. The van der Waals surface area contributed by atoms with Gasteiger partial charge in [0.15, 0.2) is 6.10 Å². The Kier molecular flexibility index (Phi) is 2.15. The van der Waals surface area contributed by atoms with Crippen molar-refractivity contribution in [3.63, 3.8) is 0 Å². The normalized spacial score (nSPS) is 29.9. The van der Waals surface area contributed by atoms with Gasteiger partial charge in [0.1, 0.15) is 6.04 Å². The van der Waals surface area contributed by atoms with Gasteiger partial charge in [-0.05, 0) is 5.56 Å². The maximum Gasteiger partial charge on any atom is 0.412 e. The topological polar surface area (TPSA) is 29.5 Å². The maximum atomic E-state index is 11.8. The number of amides is 1. The van der Waals surface area contributed by atoms with Crippen LogP contribution in [-0.2, 0) is 4.74 Å². The molecule has 3 atom stereocenters. The van der Waals surface area contributed by atoms with Gasteiger partial charge in [-0.1, -0.05) is 48.4 Å². The van der Waals surface area contributed by atoms with Crippen molar-refractivity contribution in [3.8, 4) is 12.3 Å². The van der Waals surface area contributed by atoms with Crippen LogP contribution in [0.3, 0.4) is 0 Å². The van der Waals surface area contributed by atoms with E-state index in [1.807, 2.05) is 42.5 Å². The van der Waals surface area contributed by atoms with E-state index >= 15 is 0 Å². The Labute approximate surface area is 99.7 Å². The molecule has 1 aromatic rings. The van der Waals surface area contributed by atoms with Crippen LogP contribution in [0.25, 0.3) is 0 Å². The van der Waals surface area contributed by atoms with E-state index < -0.39 is 0 Å². The Balaban J connectivity index is 1.94. The number of benzene rings is 1. The van der Waals surface area contributed by atoms with E-state index in [1.54, 1.807) is 4.90 Å². The summed E-state index contributed by atoms with van der Waals surface area (Å²) in [6.45, 7) is 0. The van der Waals surface area contributed by atoms with Gasteiger partial charge in [0.2, 0.25) is 0 Å². The SMILES string of the molecule is C#C[C@@H]1C=CC2[C@@H](c3ccccc3)OC(=O)N21. The zero-order valence-electron chi connectivity index (χ0n) is 9.11. The summed E-state index contributed by atoms with van der Waals surface area (Å²) < 4.78 is 5.39. The van der Waals surface area contributed by atoms with Gasteiger partial charge in [-0.25, -0.2) is 4.79 Å². The van der Waals surface area contributed by atoms with Crippen LogP contribution >= 0.6 is 0 Å². The lowest BCUT2D eigenvalue weighted by atomic mass is 10.0. The monoisotopic (exact) mass is 225 g/mol. The first-order chi connectivity index (χ1) is 8.31. The van der Waals surface area contributed by atoms with Gasteiger partial charge >= 0.3 is 6.09 Å². The highest BCUT2D eigenvalue weighted by molar-refractivity contribution is 5.74. The molecule has 17 heavy (non-hydrogen) atoms. The van der Waals surface area contributed by atoms with E-state index in [1.165, 1.54) is 0 Å². The number of rotatable bonds is 1. The lowest BCUT2D eigenvalue weighted by Gasteiger charge is -2.18. The van der Waals surface area contributed by atoms with Gasteiger partial charge in [-0.2, -0.15) is 0 Å². The molecule has 1 aromatic carbocycles. The summed E-state index contributed by atoms with van der Waals surface area (Å²) in [5.41, 5.74) is 0.996. The van der Waals surface area contributed by atoms with Crippen LogP contribution in [0.2, 0.25) is 0 Å². The fourth-order valence-corrected chi connectivity index (χ4v) is 2.36. The molecule has 2 aliphatic rings. The van der Waals surface area contributed by atoms with Crippen LogP contribution < -0.4 is 0 Å². The van der Waals surface area contributed by atoms with Crippen LogP contribution in [0.5, 0.6) is 0 Å². The maximum absolute atomic E-state index is 11.8. The Morgan fingerprint density at radius 2 is 2.00 bits per heavy atom. The summed E-state index contributed by atoms with van der Waals surface area (Å²) in [5.74, 6) is 2.58. The standard InChI is InChI=1S/C14H11NO2/c1-2-11-8-9-12-13(17-14(16)15(11)12)10-6-4-3-5-7-10/h1,3-9,11-13H/t11-,12?,13-/m1/s1. The molecule has 0 bridgehead atoms. The first-order valence-corrected chi connectivity index (χ1v) is 5.49. The molecule has 84 valence electrons. The largest absolute Gasteiger partial charge is 0.439 e. The predicted octanol–water partition coefficient (Wildman–Crippen LogP) is 2.12. The molecule has 0 N–H and O–H groups in total. The Hall–Kier alpha value is -2.21. The molecule has 1 fully saturated rings. The van der Waals surface area contributed by atoms with Gasteiger partial charge in [-0.15, -0.1) is 6.42 Å². The second-order valence-electron chi connectivity index (χ2n) is 4.11. The number of fused-ring (bicyclic) bond motifs is 1. The highest BCUT2D eigenvalue weighted by Gasteiger charge is 2.46. The molecule has 0 radical (unpaired) electrons. The van der Waals surface area contributed by atoms with Crippen LogP contribution in [0, 0.1) is 12.3 Å². The van der Waals surface area contributed by atoms with E-state index in [4.69, 9.17) is 11.2 Å². The van der Waals surface area contributed by atoms with Gasteiger partial charge in [0.25, 0.3) is 0 Å². The van der Waals surface area contributed by atoms with Crippen LogP contribution in [0.15, 0.2) is 42.5 Å². The van der Waals surface area contributed by atoms with Gasteiger partial charge in [0, 0.05) is 0 Å². The van der Waals surface area contributed by atoms with E-state index in [2.05, 4.69) is 5.92 Å². The summed E-state index contributed by atoms with van der Waals surface area (Å²) in [5, 5.41) is 0. The van der Waals surface area contributed by atoms with Crippen LogP contribution in [-0.4, -0.2) is 23.1 Å². The fourth-order valence-electron chi connectivity index (χ4n) is 2.36. The Bertz CT molecular complexity index is 515. The third-order valence-electron chi connectivity index (χ3n) is 3.16. The van der Waals surface area contributed by atoms with E-state index in [0.717, 1.165) is 5.56 Å². The third-order valence-corrected chi connectivity index (χ3v) is 3.16. The first kappa shape index (κ1) is 9.98. The number of carbonyl (C=O) groups is 1. The quantitative estimate of drug-likeness (QED) is 0.541. The highest BCUT2D eigenvalue weighted by atomic mass is 16.6. The molecular formula is C14H11NO2. The second-order valence-corrected chi connectivity index (χ2v) is 4.11. The van der Waals surface area contributed by atoms with Crippen molar-refractivity contribution in [2.75, 3.05) is 0 Å². The predicted molar refractivity (Wildman–Crippen MR) is 63.1 cm³/mol. The molecule has 0 aromatic heterocycles. The number of cyclic esters (lactones) is 1. The highest BCUT2D eigenvalue weighted by Crippen LogP contribution is 2.37. The van der Waals surface area contributed by atoms with Crippen LogP contribution in [0.1, 0.15) is 11.7 Å². The smallest absolute Gasteiger partial charge is 0.412 e. The molecule has 2 aliphatic heterocycles. The zero-order chi connectivity index (χ0) is 11.8. The minimum atomic E-state index is -0.336. The molecule has 1 amide bonds. The number of nitrogens with zero attached hydrogens (tertiary/aromatic N) is 1. The van der Waals surface area contributed by atoms with Gasteiger partial charge in [0.05, 0.1) is 6.04 Å². The van der Waals surface area contributed by atoms with E-state index in [9.17, 15) is 4.79 Å². The lowest BCUT2D eigenvalue weighted by molar-refractivity contribution is 0.130. The van der Waals surface area contributed by atoms with Crippen molar-refractivity contribution >= 4 is 6.09 Å². The second kappa shape index (κ2) is 3.67. The number of hydrogen-bond donors (Lipinski definition) is 0. The molecule has 3 heteroatoms. The molecule has 1 unspecified atom stereocenters. The molecule has 0 aliphatic carbocycles. The Morgan fingerprint density at radius 3 is 2.71 bits per heavy atom. The Morgan fingerprint density at radius 1 is 1.24 bits per heavy atom. The number of hydrogen-bond acceptors (Lipinski definition) is 2. The number of carbonyl (C=O) groups excluding carboxylic acids is 1.